The smallest absolute Gasteiger partial charge is 0.303 e. The molecule has 7 nitrogen and oxygen atoms in total. The van der Waals surface area contributed by atoms with E-state index in [9.17, 15) is 20.0 Å². The van der Waals surface area contributed by atoms with Gasteiger partial charge in [0.2, 0.25) is 0 Å². The topological polar surface area (TPSA) is 113 Å². The molecule has 0 aliphatic heterocycles. The van der Waals surface area contributed by atoms with Crippen LogP contribution in [0.2, 0.25) is 0 Å². The molecular formula is C11H14N2O5. The van der Waals surface area contributed by atoms with Gasteiger partial charge in [0.05, 0.1) is 11.0 Å². The van der Waals surface area contributed by atoms with Crippen molar-refractivity contribution in [2.24, 2.45) is 0 Å². The van der Waals surface area contributed by atoms with Gasteiger partial charge in [-0.25, -0.2) is 0 Å². The summed E-state index contributed by atoms with van der Waals surface area (Å²) < 4.78 is 0. The molecule has 1 atom stereocenters. The van der Waals surface area contributed by atoms with Gasteiger partial charge >= 0.3 is 5.97 Å². The maximum Gasteiger partial charge on any atom is 0.303 e. The van der Waals surface area contributed by atoms with Gasteiger partial charge in [0, 0.05) is 12.5 Å². The van der Waals surface area contributed by atoms with Crippen LogP contribution in [-0.4, -0.2) is 27.1 Å². The minimum atomic E-state index is -0.913. The van der Waals surface area contributed by atoms with E-state index < -0.39 is 10.9 Å². The Morgan fingerprint density at radius 1 is 1.56 bits per heavy atom. The van der Waals surface area contributed by atoms with Crippen molar-refractivity contribution in [3.63, 3.8) is 0 Å². The zero-order valence-corrected chi connectivity index (χ0v) is 9.79. The fourth-order valence-electron chi connectivity index (χ4n) is 1.47. The quantitative estimate of drug-likeness (QED) is 0.406. The van der Waals surface area contributed by atoms with Crippen molar-refractivity contribution >= 4 is 17.3 Å². The van der Waals surface area contributed by atoms with E-state index in [-0.39, 0.29) is 29.6 Å². The van der Waals surface area contributed by atoms with Gasteiger partial charge in [-0.1, -0.05) is 0 Å². The standard InChI is InChI=1S/C11H14N2O5/c1-7(2-5-11(15)16)12-9-4-3-8(14)6-10(9)13(17)18/h3-4,6-7,12,14H,2,5H2,1H3,(H,15,16). The number of nitro groups is 1. The molecule has 0 aliphatic rings. The summed E-state index contributed by atoms with van der Waals surface area (Å²) in [5.74, 6) is -1.10. The molecule has 0 fully saturated rings. The van der Waals surface area contributed by atoms with Crippen LogP contribution in [0.5, 0.6) is 5.75 Å². The number of nitro benzene ring substituents is 1. The largest absolute Gasteiger partial charge is 0.508 e. The SMILES string of the molecule is CC(CCC(=O)O)Nc1ccc(O)cc1[N+](=O)[O-]. The minimum absolute atomic E-state index is 0.0138. The maximum atomic E-state index is 10.8. The summed E-state index contributed by atoms with van der Waals surface area (Å²) in [6.07, 6.45) is 0.341. The van der Waals surface area contributed by atoms with Crippen molar-refractivity contribution in [3.8, 4) is 5.75 Å². The number of rotatable bonds is 6. The van der Waals surface area contributed by atoms with Gasteiger partial charge in [-0.15, -0.1) is 0 Å². The summed E-state index contributed by atoms with van der Waals surface area (Å²) >= 11 is 0. The van der Waals surface area contributed by atoms with E-state index in [1.807, 2.05) is 0 Å². The van der Waals surface area contributed by atoms with Gasteiger partial charge in [-0.3, -0.25) is 14.9 Å². The minimum Gasteiger partial charge on any atom is -0.508 e. The second-order valence-corrected chi connectivity index (χ2v) is 3.94. The first-order valence-corrected chi connectivity index (χ1v) is 5.36. The van der Waals surface area contributed by atoms with Crippen molar-refractivity contribution in [1.29, 1.82) is 0 Å². The Hall–Kier alpha value is -2.31. The predicted molar refractivity (Wildman–Crippen MR) is 64.7 cm³/mol. The highest BCUT2D eigenvalue weighted by molar-refractivity contribution is 5.67. The molecule has 0 saturated heterocycles. The van der Waals surface area contributed by atoms with E-state index in [2.05, 4.69) is 5.32 Å². The first-order valence-electron chi connectivity index (χ1n) is 5.36. The predicted octanol–water partition coefficient (Wildman–Crippen LogP) is 1.97. The molecule has 1 unspecified atom stereocenters. The van der Waals surface area contributed by atoms with Crippen LogP contribution in [0.15, 0.2) is 18.2 Å². The molecule has 0 bridgehead atoms. The van der Waals surface area contributed by atoms with Crippen LogP contribution in [0, 0.1) is 10.1 Å². The highest BCUT2D eigenvalue weighted by Crippen LogP contribution is 2.29. The fourth-order valence-corrected chi connectivity index (χ4v) is 1.47. The van der Waals surface area contributed by atoms with E-state index in [0.29, 0.717) is 6.42 Å². The molecule has 0 spiro atoms. The molecule has 18 heavy (non-hydrogen) atoms. The Bertz CT molecular complexity index is 461. The number of anilines is 1. The molecule has 7 heteroatoms. The number of carboxylic acid groups (broad SMARTS) is 1. The fraction of sp³-hybridized carbons (Fsp3) is 0.364. The average Bonchev–Trinajstić information content (AvgIpc) is 2.28. The number of phenolic OH excluding ortho intramolecular Hbond substituents is 1. The number of phenols is 1. The Balaban J connectivity index is 2.77. The monoisotopic (exact) mass is 254 g/mol. The van der Waals surface area contributed by atoms with Crippen LogP contribution in [0.4, 0.5) is 11.4 Å². The lowest BCUT2D eigenvalue weighted by atomic mass is 10.1. The maximum absolute atomic E-state index is 10.8. The van der Waals surface area contributed by atoms with Gasteiger partial charge in [-0.2, -0.15) is 0 Å². The van der Waals surface area contributed by atoms with Crippen LogP contribution in [0.25, 0.3) is 0 Å². The van der Waals surface area contributed by atoms with Crippen molar-refractivity contribution in [1.82, 2.24) is 0 Å². The number of hydrogen-bond donors (Lipinski definition) is 3. The molecule has 0 aliphatic carbocycles. The van der Waals surface area contributed by atoms with Gasteiger partial charge in [0.25, 0.3) is 5.69 Å². The molecule has 0 heterocycles. The van der Waals surface area contributed by atoms with Crippen molar-refractivity contribution in [2.45, 2.75) is 25.8 Å². The lowest BCUT2D eigenvalue weighted by Gasteiger charge is -2.14. The number of carboxylic acids is 1. The van der Waals surface area contributed by atoms with Crippen LogP contribution < -0.4 is 5.32 Å². The summed E-state index contributed by atoms with van der Waals surface area (Å²) in [6, 6.07) is 3.56. The number of carbonyl (C=O) groups is 1. The summed E-state index contributed by atoms with van der Waals surface area (Å²) in [7, 11) is 0. The van der Waals surface area contributed by atoms with Crippen molar-refractivity contribution in [3.05, 3.63) is 28.3 Å². The Labute approximate surface area is 103 Å². The number of hydrogen-bond acceptors (Lipinski definition) is 5. The average molecular weight is 254 g/mol. The molecule has 0 radical (unpaired) electrons. The zero-order valence-electron chi connectivity index (χ0n) is 9.79. The van der Waals surface area contributed by atoms with Crippen LogP contribution in [-0.2, 0) is 4.79 Å². The molecular weight excluding hydrogens is 240 g/mol. The molecule has 0 amide bonds. The Morgan fingerprint density at radius 3 is 2.78 bits per heavy atom. The number of aliphatic carboxylic acids is 1. The van der Waals surface area contributed by atoms with E-state index in [1.54, 1.807) is 6.92 Å². The van der Waals surface area contributed by atoms with Crippen molar-refractivity contribution < 1.29 is 19.9 Å². The van der Waals surface area contributed by atoms with Crippen LogP contribution in [0.3, 0.4) is 0 Å². The van der Waals surface area contributed by atoms with E-state index in [0.717, 1.165) is 6.07 Å². The number of benzene rings is 1. The summed E-state index contributed by atoms with van der Waals surface area (Å²) in [6.45, 7) is 1.74. The van der Waals surface area contributed by atoms with Gasteiger partial charge in [0.15, 0.2) is 0 Å². The summed E-state index contributed by atoms with van der Waals surface area (Å²) in [5, 5.41) is 31.4. The lowest BCUT2D eigenvalue weighted by Crippen LogP contribution is -2.17. The van der Waals surface area contributed by atoms with Gasteiger partial charge in [0.1, 0.15) is 11.4 Å². The Morgan fingerprint density at radius 2 is 2.22 bits per heavy atom. The van der Waals surface area contributed by atoms with Gasteiger partial charge in [-0.05, 0) is 25.5 Å². The first-order chi connectivity index (χ1) is 8.40. The summed E-state index contributed by atoms with van der Waals surface area (Å²) in [4.78, 5) is 20.6. The Kier molecular flexibility index (Phi) is 4.47. The van der Waals surface area contributed by atoms with Gasteiger partial charge < -0.3 is 15.5 Å². The zero-order chi connectivity index (χ0) is 13.7. The van der Waals surface area contributed by atoms with Crippen LogP contribution >= 0.6 is 0 Å². The summed E-state index contributed by atoms with van der Waals surface area (Å²) in [5.41, 5.74) is 0.0212. The third-order valence-electron chi connectivity index (χ3n) is 2.37. The molecule has 1 aromatic rings. The van der Waals surface area contributed by atoms with E-state index in [4.69, 9.17) is 5.11 Å². The van der Waals surface area contributed by atoms with Crippen LogP contribution in [0.1, 0.15) is 19.8 Å². The number of nitrogens with one attached hydrogen (secondary N) is 1. The highest BCUT2D eigenvalue weighted by atomic mass is 16.6. The normalized spacial score (nSPS) is 11.8. The van der Waals surface area contributed by atoms with E-state index in [1.165, 1.54) is 12.1 Å². The highest BCUT2D eigenvalue weighted by Gasteiger charge is 2.16. The molecule has 1 rings (SSSR count). The second-order valence-electron chi connectivity index (χ2n) is 3.94. The first kappa shape index (κ1) is 13.8. The third-order valence-corrected chi connectivity index (χ3v) is 2.37. The third kappa shape index (κ3) is 3.93. The van der Waals surface area contributed by atoms with E-state index >= 15 is 0 Å². The molecule has 0 saturated carbocycles. The number of aromatic hydroxyl groups is 1. The van der Waals surface area contributed by atoms with Crippen molar-refractivity contribution in [2.75, 3.05) is 5.32 Å². The lowest BCUT2D eigenvalue weighted by molar-refractivity contribution is -0.384. The molecule has 3 N–H and O–H groups in total. The molecule has 1 aromatic carbocycles. The number of nitrogens with zero attached hydrogens (tertiary/aromatic N) is 1. The molecule has 98 valence electrons. The molecule has 0 aromatic heterocycles. The second kappa shape index (κ2) is 5.85.